The van der Waals surface area contributed by atoms with E-state index in [1.165, 1.54) is 28.5 Å². The monoisotopic (exact) mass is 360 g/mol. The zero-order valence-electron chi connectivity index (χ0n) is 15.3. The zero-order chi connectivity index (χ0) is 18.7. The van der Waals surface area contributed by atoms with E-state index in [4.69, 9.17) is 0 Å². The molecular formula is C21H20N4S. The molecule has 0 atom stereocenters. The topological polar surface area (TPSA) is 61.6 Å². The molecule has 0 spiro atoms. The molecule has 0 radical (unpaired) electrons. The molecule has 0 fully saturated rings. The van der Waals surface area contributed by atoms with Crippen LogP contribution in [0.2, 0.25) is 0 Å². The number of nitriles is 1. The molecule has 3 rings (SSSR count). The Hall–Kier alpha value is -2.84. The summed E-state index contributed by atoms with van der Waals surface area (Å²) in [5.41, 5.74) is 6.50. The predicted octanol–water partition coefficient (Wildman–Crippen LogP) is 5.41. The summed E-state index contributed by atoms with van der Waals surface area (Å²) in [5.74, 6) is 0.533. The molecule has 0 bridgehead atoms. The fraction of sp³-hybridized carbons (Fsp3) is 0.190. The second-order valence-corrected chi connectivity index (χ2v) is 6.96. The van der Waals surface area contributed by atoms with Gasteiger partial charge in [-0.2, -0.15) is 5.26 Å². The molecule has 1 heterocycles. The first-order valence-corrected chi connectivity index (χ1v) is 9.51. The van der Waals surface area contributed by atoms with E-state index >= 15 is 0 Å². The van der Waals surface area contributed by atoms with Crippen molar-refractivity contribution in [1.29, 1.82) is 5.26 Å². The quantitative estimate of drug-likeness (QED) is 0.498. The van der Waals surface area contributed by atoms with Crippen LogP contribution in [0, 0.1) is 32.1 Å². The fourth-order valence-corrected chi connectivity index (χ4v) is 2.97. The average molecular weight is 360 g/mol. The summed E-state index contributed by atoms with van der Waals surface area (Å²) in [5, 5.41) is 13.7. The molecule has 26 heavy (non-hydrogen) atoms. The van der Waals surface area contributed by atoms with Crippen LogP contribution in [0.5, 0.6) is 0 Å². The van der Waals surface area contributed by atoms with E-state index in [0.717, 1.165) is 11.3 Å². The lowest BCUT2D eigenvalue weighted by Crippen LogP contribution is -2.03. The molecular weight excluding hydrogens is 340 g/mol. The van der Waals surface area contributed by atoms with Gasteiger partial charge in [-0.05, 0) is 50.3 Å². The number of benzene rings is 2. The third-order valence-electron chi connectivity index (χ3n) is 4.28. The summed E-state index contributed by atoms with van der Waals surface area (Å²) in [6.45, 7) is 6.18. The number of hydrogen-bond acceptors (Lipinski definition) is 5. The SMILES string of the molecule is CSc1nc(Nc2ccc(C)c(C)c2)c(C#N)c(-c2ccc(C)cc2)n1. The highest BCUT2D eigenvalue weighted by molar-refractivity contribution is 7.98. The number of rotatable bonds is 4. The number of thioether (sulfide) groups is 1. The Morgan fingerprint density at radius 3 is 2.31 bits per heavy atom. The molecule has 0 aliphatic heterocycles. The van der Waals surface area contributed by atoms with Crippen LogP contribution >= 0.6 is 11.8 Å². The van der Waals surface area contributed by atoms with Crippen LogP contribution in [0.4, 0.5) is 11.5 Å². The summed E-state index contributed by atoms with van der Waals surface area (Å²) >= 11 is 1.46. The van der Waals surface area contributed by atoms with Crippen molar-refractivity contribution in [3.63, 3.8) is 0 Å². The van der Waals surface area contributed by atoms with Crippen LogP contribution in [0.15, 0.2) is 47.6 Å². The van der Waals surface area contributed by atoms with Crippen molar-refractivity contribution in [2.75, 3.05) is 11.6 Å². The molecule has 3 aromatic rings. The van der Waals surface area contributed by atoms with Gasteiger partial charge in [0.1, 0.15) is 11.6 Å². The molecule has 1 aromatic heterocycles. The number of nitrogens with zero attached hydrogens (tertiary/aromatic N) is 3. The summed E-state index contributed by atoms with van der Waals surface area (Å²) in [4.78, 5) is 9.12. The summed E-state index contributed by atoms with van der Waals surface area (Å²) in [7, 11) is 0. The minimum absolute atomic E-state index is 0.449. The average Bonchev–Trinajstić information content (AvgIpc) is 2.64. The highest BCUT2D eigenvalue weighted by Gasteiger charge is 2.16. The van der Waals surface area contributed by atoms with E-state index in [2.05, 4.69) is 47.3 Å². The van der Waals surface area contributed by atoms with Crippen LogP contribution in [-0.4, -0.2) is 16.2 Å². The second-order valence-electron chi connectivity index (χ2n) is 6.18. The maximum atomic E-state index is 9.78. The second kappa shape index (κ2) is 7.59. The molecule has 5 heteroatoms. The summed E-state index contributed by atoms with van der Waals surface area (Å²) < 4.78 is 0. The first kappa shape index (κ1) is 18.0. The van der Waals surface area contributed by atoms with E-state index in [1.807, 2.05) is 43.5 Å². The molecule has 0 aliphatic rings. The van der Waals surface area contributed by atoms with E-state index in [-0.39, 0.29) is 0 Å². The first-order valence-electron chi connectivity index (χ1n) is 8.29. The van der Waals surface area contributed by atoms with Crippen molar-refractivity contribution in [2.45, 2.75) is 25.9 Å². The lowest BCUT2D eigenvalue weighted by molar-refractivity contribution is 0.975. The molecule has 0 saturated heterocycles. The van der Waals surface area contributed by atoms with Crippen molar-refractivity contribution in [1.82, 2.24) is 9.97 Å². The van der Waals surface area contributed by atoms with Gasteiger partial charge in [-0.15, -0.1) is 0 Å². The fourth-order valence-electron chi connectivity index (χ4n) is 2.60. The van der Waals surface area contributed by atoms with Crippen molar-refractivity contribution >= 4 is 23.3 Å². The number of aryl methyl sites for hydroxylation is 3. The zero-order valence-corrected chi connectivity index (χ0v) is 16.1. The largest absolute Gasteiger partial charge is 0.339 e. The number of hydrogen-bond donors (Lipinski definition) is 1. The van der Waals surface area contributed by atoms with Gasteiger partial charge in [0.2, 0.25) is 0 Å². The molecule has 0 aliphatic carbocycles. The van der Waals surface area contributed by atoms with Crippen LogP contribution in [0.1, 0.15) is 22.3 Å². The van der Waals surface area contributed by atoms with Crippen molar-refractivity contribution in [3.05, 3.63) is 64.7 Å². The van der Waals surface area contributed by atoms with Crippen molar-refractivity contribution in [3.8, 4) is 17.3 Å². The minimum atomic E-state index is 0.449. The molecule has 0 amide bonds. The normalized spacial score (nSPS) is 10.4. The van der Waals surface area contributed by atoms with Gasteiger partial charge in [0.25, 0.3) is 0 Å². The smallest absolute Gasteiger partial charge is 0.189 e. The van der Waals surface area contributed by atoms with Crippen molar-refractivity contribution < 1.29 is 0 Å². The molecule has 1 N–H and O–H groups in total. The van der Waals surface area contributed by atoms with Gasteiger partial charge < -0.3 is 5.32 Å². The molecule has 4 nitrogen and oxygen atoms in total. The first-order chi connectivity index (χ1) is 12.5. The lowest BCUT2D eigenvalue weighted by atomic mass is 10.1. The number of anilines is 2. The van der Waals surface area contributed by atoms with Gasteiger partial charge in [-0.3, -0.25) is 0 Å². The van der Waals surface area contributed by atoms with Gasteiger partial charge in [-0.1, -0.05) is 47.7 Å². The Bertz CT molecular complexity index is 988. The number of aromatic nitrogens is 2. The predicted molar refractivity (Wildman–Crippen MR) is 108 cm³/mol. The highest BCUT2D eigenvalue weighted by atomic mass is 32.2. The highest BCUT2D eigenvalue weighted by Crippen LogP contribution is 2.30. The maximum Gasteiger partial charge on any atom is 0.189 e. The van der Waals surface area contributed by atoms with Gasteiger partial charge in [0.15, 0.2) is 11.0 Å². The van der Waals surface area contributed by atoms with Crippen LogP contribution < -0.4 is 5.32 Å². The van der Waals surface area contributed by atoms with Gasteiger partial charge in [0, 0.05) is 11.3 Å². The van der Waals surface area contributed by atoms with E-state index in [1.54, 1.807) is 0 Å². The summed E-state index contributed by atoms with van der Waals surface area (Å²) in [6, 6.07) is 16.4. The Morgan fingerprint density at radius 1 is 0.962 bits per heavy atom. The third kappa shape index (κ3) is 3.71. The maximum absolute atomic E-state index is 9.78. The van der Waals surface area contributed by atoms with Gasteiger partial charge in [0.05, 0.1) is 5.69 Å². The Labute approximate surface area is 158 Å². The van der Waals surface area contributed by atoms with Gasteiger partial charge in [-0.25, -0.2) is 9.97 Å². The molecule has 130 valence electrons. The van der Waals surface area contributed by atoms with Crippen LogP contribution in [-0.2, 0) is 0 Å². The van der Waals surface area contributed by atoms with E-state index in [0.29, 0.717) is 22.2 Å². The Morgan fingerprint density at radius 2 is 1.69 bits per heavy atom. The Balaban J connectivity index is 2.12. The summed E-state index contributed by atoms with van der Waals surface area (Å²) in [6.07, 6.45) is 1.93. The van der Waals surface area contributed by atoms with Gasteiger partial charge >= 0.3 is 0 Å². The van der Waals surface area contributed by atoms with Crippen LogP contribution in [0.25, 0.3) is 11.3 Å². The Kier molecular flexibility index (Phi) is 5.24. The molecule has 0 saturated carbocycles. The van der Waals surface area contributed by atoms with E-state index < -0.39 is 0 Å². The third-order valence-corrected chi connectivity index (χ3v) is 4.83. The van der Waals surface area contributed by atoms with E-state index in [9.17, 15) is 5.26 Å². The van der Waals surface area contributed by atoms with Crippen molar-refractivity contribution in [2.24, 2.45) is 0 Å². The standard InChI is InChI=1S/C21H20N4S/c1-13-5-8-16(9-6-13)19-18(12-22)20(25-21(24-19)26-4)23-17-10-7-14(2)15(3)11-17/h5-11H,1-4H3,(H,23,24,25). The molecule has 0 unspecified atom stereocenters. The number of nitrogens with one attached hydrogen (secondary N) is 1. The van der Waals surface area contributed by atoms with Crippen LogP contribution in [0.3, 0.4) is 0 Å². The lowest BCUT2D eigenvalue weighted by Gasteiger charge is -2.13. The minimum Gasteiger partial charge on any atom is -0.339 e. The molecule has 2 aromatic carbocycles.